The van der Waals surface area contributed by atoms with E-state index in [2.05, 4.69) is 0 Å². The number of carboxylic acid groups (broad SMARTS) is 1. The van der Waals surface area contributed by atoms with Gasteiger partial charge in [-0.1, -0.05) is 0 Å². The van der Waals surface area contributed by atoms with Crippen LogP contribution in [0.1, 0.15) is 15.9 Å². The van der Waals surface area contributed by atoms with E-state index >= 15 is 0 Å². The highest BCUT2D eigenvalue weighted by molar-refractivity contribution is 6.18. The monoisotopic (exact) mass is 222 g/mol. The largest absolute Gasteiger partial charge is 0.497 e. The predicted molar refractivity (Wildman–Crippen MR) is 53.6 cm³/mol. The Kier molecular flexibility index (Phi) is 2.20. The van der Waals surface area contributed by atoms with Gasteiger partial charge in [-0.3, -0.25) is 4.79 Å². The van der Waals surface area contributed by atoms with E-state index in [9.17, 15) is 14.7 Å². The molecule has 1 atom stereocenters. The summed E-state index contributed by atoms with van der Waals surface area (Å²) in [6.45, 7) is 0. The summed E-state index contributed by atoms with van der Waals surface area (Å²) in [5.41, 5.74) is -1.59. The Balaban J connectivity index is 2.49. The zero-order chi connectivity index (χ0) is 11.9. The average Bonchev–Trinajstić information content (AvgIpc) is 2.52. The van der Waals surface area contributed by atoms with Crippen LogP contribution < -0.4 is 4.74 Å². The van der Waals surface area contributed by atoms with E-state index in [4.69, 9.17) is 9.84 Å². The SMILES string of the molecule is COc1ccc2c(c1)CC(O)(C(=O)O)C2=O. The average molecular weight is 222 g/mol. The Morgan fingerprint density at radius 3 is 2.75 bits per heavy atom. The molecule has 1 unspecified atom stereocenters. The van der Waals surface area contributed by atoms with Crippen molar-refractivity contribution in [2.75, 3.05) is 7.11 Å². The fourth-order valence-corrected chi connectivity index (χ4v) is 1.82. The van der Waals surface area contributed by atoms with E-state index in [-0.39, 0.29) is 12.0 Å². The van der Waals surface area contributed by atoms with E-state index in [1.807, 2.05) is 0 Å². The number of methoxy groups -OCH3 is 1. The third-order valence-electron chi connectivity index (χ3n) is 2.73. The summed E-state index contributed by atoms with van der Waals surface area (Å²) >= 11 is 0. The lowest BCUT2D eigenvalue weighted by Crippen LogP contribution is -2.44. The van der Waals surface area contributed by atoms with Gasteiger partial charge in [-0.05, 0) is 23.8 Å². The van der Waals surface area contributed by atoms with Gasteiger partial charge in [0, 0.05) is 12.0 Å². The number of Topliss-reactive ketones (excluding diaryl/α,β-unsaturated/α-hetero) is 1. The molecular weight excluding hydrogens is 212 g/mol. The quantitative estimate of drug-likeness (QED) is 0.701. The van der Waals surface area contributed by atoms with Gasteiger partial charge in [-0.15, -0.1) is 0 Å². The van der Waals surface area contributed by atoms with Crippen LogP contribution in [0.4, 0.5) is 0 Å². The van der Waals surface area contributed by atoms with Gasteiger partial charge >= 0.3 is 5.97 Å². The van der Waals surface area contributed by atoms with Crippen LogP contribution in [0.3, 0.4) is 0 Å². The highest BCUT2D eigenvalue weighted by Crippen LogP contribution is 2.32. The number of rotatable bonds is 2. The smallest absolute Gasteiger partial charge is 0.344 e. The van der Waals surface area contributed by atoms with Crippen LogP contribution in [0, 0.1) is 0 Å². The number of aliphatic hydroxyl groups is 1. The molecule has 0 amide bonds. The second kappa shape index (κ2) is 3.31. The van der Waals surface area contributed by atoms with Gasteiger partial charge in [0.2, 0.25) is 11.4 Å². The molecule has 0 saturated carbocycles. The topological polar surface area (TPSA) is 83.8 Å². The highest BCUT2D eigenvalue weighted by atomic mass is 16.5. The van der Waals surface area contributed by atoms with E-state index in [1.165, 1.54) is 13.2 Å². The van der Waals surface area contributed by atoms with Gasteiger partial charge in [-0.25, -0.2) is 4.79 Å². The Labute approximate surface area is 91.3 Å². The first-order valence-corrected chi connectivity index (χ1v) is 4.66. The van der Waals surface area contributed by atoms with Crippen LogP contribution >= 0.6 is 0 Å². The lowest BCUT2D eigenvalue weighted by atomic mass is 10.00. The number of fused-ring (bicyclic) bond motifs is 1. The molecule has 0 aliphatic heterocycles. The maximum absolute atomic E-state index is 11.7. The molecule has 5 heteroatoms. The van der Waals surface area contributed by atoms with E-state index in [0.29, 0.717) is 11.3 Å². The Morgan fingerprint density at radius 2 is 2.19 bits per heavy atom. The van der Waals surface area contributed by atoms with E-state index in [1.54, 1.807) is 12.1 Å². The van der Waals surface area contributed by atoms with Gasteiger partial charge in [0.05, 0.1) is 7.11 Å². The molecule has 1 aromatic carbocycles. The molecule has 2 N–H and O–H groups in total. The first kappa shape index (κ1) is 10.6. The molecule has 1 aliphatic rings. The second-order valence-corrected chi connectivity index (χ2v) is 3.69. The van der Waals surface area contributed by atoms with Gasteiger partial charge in [-0.2, -0.15) is 0 Å². The number of hydrogen-bond donors (Lipinski definition) is 2. The Morgan fingerprint density at radius 1 is 1.50 bits per heavy atom. The van der Waals surface area contributed by atoms with Crippen molar-refractivity contribution in [2.45, 2.75) is 12.0 Å². The van der Waals surface area contributed by atoms with Crippen LogP contribution in [0.25, 0.3) is 0 Å². The van der Waals surface area contributed by atoms with Crippen molar-refractivity contribution in [3.05, 3.63) is 29.3 Å². The summed E-state index contributed by atoms with van der Waals surface area (Å²) in [7, 11) is 1.47. The molecule has 0 radical (unpaired) electrons. The number of ketones is 1. The third-order valence-corrected chi connectivity index (χ3v) is 2.73. The zero-order valence-electron chi connectivity index (χ0n) is 8.56. The molecule has 0 heterocycles. The van der Waals surface area contributed by atoms with Crippen LogP contribution in [-0.4, -0.2) is 34.7 Å². The minimum Gasteiger partial charge on any atom is -0.497 e. The molecular formula is C11H10O5. The van der Waals surface area contributed by atoms with E-state index < -0.39 is 17.4 Å². The molecule has 0 spiro atoms. The second-order valence-electron chi connectivity index (χ2n) is 3.69. The zero-order valence-corrected chi connectivity index (χ0v) is 8.56. The standard InChI is InChI=1S/C11H10O5/c1-16-7-2-3-8-6(4-7)5-11(15,9(8)12)10(13)14/h2-4,15H,5H2,1H3,(H,13,14). The summed E-state index contributed by atoms with van der Waals surface area (Å²) in [4.78, 5) is 22.5. The normalized spacial score (nSPS) is 23.0. The van der Waals surface area contributed by atoms with Crippen molar-refractivity contribution in [1.82, 2.24) is 0 Å². The summed E-state index contributed by atoms with van der Waals surface area (Å²) in [5.74, 6) is -1.76. The number of ether oxygens (including phenoxy) is 1. The number of benzene rings is 1. The van der Waals surface area contributed by atoms with Crippen molar-refractivity contribution in [1.29, 1.82) is 0 Å². The molecule has 16 heavy (non-hydrogen) atoms. The fraction of sp³-hybridized carbons (Fsp3) is 0.273. The first-order chi connectivity index (χ1) is 7.49. The van der Waals surface area contributed by atoms with Gasteiger partial charge in [0.25, 0.3) is 0 Å². The summed E-state index contributed by atoms with van der Waals surface area (Å²) in [6.07, 6.45) is -0.215. The van der Waals surface area contributed by atoms with Crippen LogP contribution in [0.15, 0.2) is 18.2 Å². The fourth-order valence-electron chi connectivity index (χ4n) is 1.82. The van der Waals surface area contributed by atoms with Crippen LogP contribution in [0.2, 0.25) is 0 Å². The molecule has 2 rings (SSSR count). The molecule has 1 aliphatic carbocycles. The summed E-state index contributed by atoms with van der Waals surface area (Å²) in [6, 6.07) is 4.59. The minimum absolute atomic E-state index is 0.215. The molecule has 0 aromatic heterocycles. The number of aliphatic carboxylic acids is 1. The molecule has 0 fully saturated rings. The lowest BCUT2D eigenvalue weighted by Gasteiger charge is -2.13. The van der Waals surface area contributed by atoms with Crippen molar-refractivity contribution in [2.24, 2.45) is 0 Å². The minimum atomic E-state index is -2.32. The van der Waals surface area contributed by atoms with Gasteiger partial charge in [0.1, 0.15) is 5.75 Å². The van der Waals surface area contributed by atoms with Crippen molar-refractivity contribution >= 4 is 11.8 Å². The number of hydrogen-bond acceptors (Lipinski definition) is 4. The number of carbonyl (C=O) groups is 2. The maximum Gasteiger partial charge on any atom is 0.344 e. The highest BCUT2D eigenvalue weighted by Gasteiger charge is 2.50. The predicted octanol–water partition coefficient (Wildman–Crippen LogP) is 0.250. The molecule has 1 aromatic rings. The van der Waals surface area contributed by atoms with Crippen LogP contribution in [-0.2, 0) is 11.2 Å². The van der Waals surface area contributed by atoms with Crippen molar-refractivity contribution in [3.63, 3.8) is 0 Å². The Hall–Kier alpha value is -1.88. The molecule has 0 bridgehead atoms. The Bertz CT molecular complexity index is 479. The van der Waals surface area contributed by atoms with Crippen molar-refractivity contribution < 1.29 is 24.5 Å². The molecule has 0 saturated heterocycles. The van der Waals surface area contributed by atoms with Crippen molar-refractivity contribution in [3.8, 4) is 5.75 Å². The number of carboxylic acids is 1. The van der Waals surface area contributed by atoms with Crippen LogP contribution in [0.5, 0.6) is 5.75 Å². The number of carbonyl (C=O) groups excluding carboxylic acids is 1. The summed E-state index contributed by atoms with van der Waals surface area (Å²) < 4.78 is 4.96. The van der Waals surface area contributed by atoms with Gasteiger partial charge in [0.15, 0.2) is 0 Å². The first-order valence-electron chi connectivity index (χ1n) is 4.66. The van der Waals surface area contributed by atoms with E-state index in [0.717, 1.165) is 0 Å². The molecule has 5 nitrogen and oxygen atoms in total. The third kappa shape index (κ3) is 1.29. The van der Waals surface area contributed by atoms with Gasteiger partial charge < -0.3 is 14.9 Å². The lowest BCUT2D eigenvalue weighted by molar-refractivity contribution is -0.152. The summed E-state index contributed by atoms with van der Waals surface area (Å²) in [5, 5.41) is 18.6. The maximum atomic E-state index is 11.7. The molecule has 84 valence electrons.